The van der Waals surface area contributed by atoms with Crippen LogP contribution in [0.2, 0.25) is 0 Å². The molecule has 0 bridgehead atoms. The molecule has 1 aliphatic carbocycles. The standard InChI is InChI=1S/C16H28N2O/c1-3-14-10-11-16(19-14)15(12-17)18(4-2)13-8-6-5-7-9-13/h10-11,13,15H,3-9,12,17H2,1-2H3. The number of furan rings is 1. The van der Waals surface area contributed by atoms with E-state index in [1.807, 2.05) is 0 Å². The van der Waals surface area contributed by atoms with Crippen LogP contribution in [0.15, 0.2) is 16.5 Å². The average molecular weight is 264 g/mol. The molecule has 1 aliphatic rings. The lowest BCUT2D eigenvalue weighted by Crippen LogP contribution is -2.42. The SMILES string of the molecule is CCc1ccc(C(CN)N(CC)C2CCCCC2)o1. The van der Waals surface area contributed by atoms with Gasteiger partial charge in [-0.1, -0.05) is 33.1 Å². The third-order valence-corrected chi connectivity index (χ3v) is 4.39. The number of aryl methyl sites for hydroxylation is 1. The van der Waals surface area contributed by atoms with Gasteiger partial charge in [0.15, 0.2) is 0 Å². The molecule has 1 saturated carbocycles. The largest absolute Gasteiger partial charge is 0.464 e. The van der Waals surface area contributed by atoms with Crippen LogP contribution < -0.4 is 5.73 Å². The third kappa shape index (κ3) is 3.40. The van der Waals surface area contributed by atoms with Crippen molar-refractivity contribution in [2.45, 2.75) is 64.5 Å². The van der Waals surface area contributed by atoms with Gasteiger partial charge in [0.05, 0.1) is 6.04 Å². The molecular formula is C16H28N2O. The van der Waals surface area contributed by atoms with E-state index in [0.29, 0.717) is 12.6 Å². The average Bonchev–Trinajstić information content (AvgIpc) is 2.94. The van der Waals surface area contributed by atoms with Crippen molar-refractivity contribution in [1.82, 2.24) is 4.90 Å². The van der Waals surface area contributed by atoms with Crippen LogP contribution in [0.1, 0.15) is 63.5 Å². The maximum atomic E-state index is 6.04. The van der Waals surface area contributed by atoms with Crippen molar-refractivity contribution in [1.29, 1.82) is 0 Å². The number of nitrogens with two attached hydrogens (primary N) is 1. The Kier molecular flexibility index (Phi) is 5.46. The number of rotatable bonds is 6. The first kappa shape index (κ1) is 14.6. The summed E-state index contributed by atoms with van der Waals surface area (Å²) in [5.41, 5.74) is 6.04. The van der Waals surface area contributed by atoms with Gasteiger partial charge in [0.1, 0.15) is 11.5 Å². The van der Waals surface area contributed by atoms with Crippen molar-refractivity contribution >= 4 is 0 Å². The lowest BCUT2D eigenvalue weighted by molar-refractivity contribution is 0.100. The molecule has 2 rings (SSSR count). The minimum Gasteiger partial charge on any atom is -0.464 e. The van der Waals surface area contributed by atoms with Crippen molar-refractivity contribution in [2.75, 3.05) is 13.1 Å². The Bertz CT molecular complexity index is 369. The van der Waals surface area contributed by atoms with E-state index in [0.717, 1.165) is 24.5 Å². The second kappa shape index (κ2) is 7.11. The first-order valence-corrected chi connectivity index (χ1v) is 7.84. The van der Waals surface area contributed by atoms with E-state index in [1.165, 1.54) is 32.1 Å². The maximum Gasteiger partial charge on any atom is 0.122 e. The van der Waals surface area contributed by atoms with E-state index in [1.54, 1.807) is 0 Å². The monoisotopic (exact) mass is 264 g/mol. The van der Waals surface area contributed by atoms with Crippen LogP contribution in [0.5, 0.6) is 0 Å². The molecule has 1 unspecified atom stereocenters. The molecular weight excluding hydrogens is 236 g/mol. The molecule has 1 fully saturated rings. The summed E-state index contributed by atoms with van der Waals surface area (Å²) in [6.45, 7) is 6.05. The van der Waals surface area contributed by atoms with Crippen LogP contribution in [0.25, 0.3) is 0 Å². The molecule has 0 aromatic carbocycles. The summed E-state index contributed by atoms with van der Waals surface area (Å²) < 4.78 is 5.94. The van der Waals surface area contributed by atoms with Gasteiger partial charge >= 0.3 is 0 Å². The highest BCUT2D eigenvalue weighted by atomic mass is 16.3. The molecule has 19 heavy (non-hydrogen) atoms. The van der Waals surface area contributed by atoms with Crippen molar-refractivity contribution in [3.63, 3.8) is 0 Å². The predicted octanol–water partition coefficient (Wildman–Crippen LogP) is 3.50. The quantitative estimate of drug-likeness (QED) is 0.855. The first-order valence-electron chi connectivity index (χ1n) is 7.84. The normalized spacial score (nSPS) is 18.9. The number of likely N-dealkylation sites (N-methyl/N-ethyl adjacent to an activating group) is 1. The molecule has 0 amide bonds. The highest BCUT2D eigenvalue weighted by Gasteiger charge is 2.28. The van der Waals surface area contributed by atoms with Crippen LogP contribution in [-0.2, 0) is 6.42 Å². The predicted molar refractivity (Wildman–Crippen MR) is 79.1 cm³/mol. The Morgan fingerprint density at radius 3 is 2.53 bits per heavy atom. The highest BCUT2D eigenvalue weighted by molar-refractivity contribution is 5.12. The zero-order valence-corrected chi connectivity index (χ0v) is 12.4. The van der Waals surface area contributed by atoms with Gasteiger partial charge < -0.3 is 10.2 Å². The Morgan fingerprint density at radius 2 is 2.00 bits per heavy atom. The van der Waals surface area contributed by atoms with Crippen LogP contribution >= 0.6 is 0 Å². The fraction of sp³-hybridized carbons (Fsp3) is 0.750. The van der Waals surface area contributed by atoms with Crippen LogP contribution in [0, 0.1) is 0 Å². The number of hydrogen-bond donors (Lipinski definition) is 1. The van der Waals surface area contributed by atoms with E-state index in [4.69, 9.17) is 10.2 Å². The highest BCUT2D eigenvalue weighted by Crippen LogP contribution is 2.30. The van der Waals surface area contributed by atoms with Crippen molar-refractivity contribution < 1.29 is 4.42 Å². The van der Waals surface area contributed by atoms with E-state index >= 15 is 0 Å². The van der Waals surface area contributed by atoms with Gasteiger partial charge in [-0.05, 0) is 31.5 Å². The molecule has 1 heterocycles. The lowest BCUT2D eigenvalue weighted by atomic mass is 9.93. The zero-order valence-electron chi connectivity index (χ0n) is 12.4. The van der Waals surface area contributed by atoms with Gasteiger partial charge in [-0.25, -0.2) is 0 Å². The maximum absolute atomic E-state index is 6.04. The van der Waals surface area contributed by atoms with Gasteiger partial charge in [-0.15, -0.1) is 0 Å². The summed E-state index contributed by atoms with van der Waals surface area (Å²) in [5.74, 6) is 2.11. The second-order valence-electron chi connectivity index (χ2n) is 5.53. The third-order valence-electron chi connectivity index (χ3n) is 4.39. The molecule has 0 aliphatic heterocycles. The van der Waals surface area contributed by atoms with Gasteiger partial charge in [0.25, 0.3) is 0 Å². The fourth-order valence-electron chi connectivity index (χ4n) is 3.32. The summed E-state index contributed by atoms with van der Waals surface area (Å²) in [5, 5.41) is 0. The van der Waals surface area contributed by atoms with Crippen LogP contribution in [0.4, 0.5) is 0 Å². The summed E-state index contributed by atoms with van der Waals surface area (Å²) in [6, 6.07) is 5.13. The van der Waals surface area contributed by atoms with Crippen molar-refractivity contribution in [2.24, 2.45) is 5.73 Å². The molecule has 0 radical (unpaired) electrons. The summed E-state index contributed by atoms with van der Waals surface area (Å²) in [4.78, 5) is 2.55. The molecule has 0 spiro atoms. The van der Waals surface area contributed by atoms with Gasteiger partial charge in [-0.2, -0.15) is 0 Å². The Labute approximate surface area is 117 Å². The Hall–Kier alpha value is -0.800. The summed E-state index contributed by atoms with van der Waals surface area (Å²) >= 11 is 0. The number of hydrogen-bond acceptors (Lipinski definition) is 3. The van der Waals surface area contributed by atoms with Crippen LogP contribution in [0.3, 0.4) is 0 Å². The van der Waals surface area contributed by atoms with E-state index in [-0.39, 0.29) is 6.04 Å². The molecule has 3 nitrogen and oxygen atoms in total. The Balaban J connectivity index is 2.12. The Morgan fingerprint density at radius 1 is 1.26 bits per heavy atom. The zero-order chi connectivity index (χ0) is 13.7. The topological polar surface area (TPSA) is 42.4 Å². The molecule has 0 saturated heterocycles. The van der Waals surface area contributed by atoms with Gasteiger partial charge in [0, 0.05) is 19.0 Å². The first-order chi connectivity index (χ1) is 9.30. The fourth-order valence-corrected chi connectivity index (χ4v) is 3.32. The minimum absolute atomic E-state index is 0.244. The molecule has 3 heteroatoms. The molecule has 1 aromatic heterocycles. The van der Waals surface area contributed by atoms with Gasteiger partial charge in [0.2, 0.25) is 0 Å². The van der Waals surface area contributed by atoms with Crippen molar-refractivity contribution in [3.05, 3.63) is 23.7 Å². The molecule has 1 aromatic rings. The number of nitrogens with zero attached hydrogens (tertiary/aromatic N) is 1. The molecule has 2 N–H and O–H groups in total. The van der Waals surface area contributed by atoms with Crippen LogP contribution in [-0.4, -0.2) is 24.0 Å². The van der Waals surface area contributed by atoms with E-state index in [9.17, 15) is 0 Å². The smallest absolute Gasteiger partial charge is 0.122 e. The van der Waals surface area contributed by atoms with Gasteiger partial charge in [-0.3, -0.25) is 4.90 Å². The van der Waals surface area contributed by atoms with E-state index in [2.05, 4.69) is 30.9 Å². The molecule has 1 atom stereocenters. The summed E-state index contributed by atoms with van der Waals surface area (Å²) in [7, 11) is 0. The second-order valence-corrected chi connectivity index (χ2v) is 5.53. The van der Waals surface area contributed by atoms with Crippen molar-refractivity contribution in [3.8, 4) is 0 Å². The lowest BCUT2D eigenvalue weighted by Gasteiger charge is -2.38. The summed E-state index contributed by atoms with van der Waals surface area (Å²) in [6.07, 6.45) is 7.68. The minimum atomic E-state index is 0.244. The molecule has 108 valence electrons. The van der Waals surface area contributed by atoms with E-state index < -0.39 is 0 Å².